The van der Waals surface area contributed by atoms with E-state index in [1.807, 2.05) is 0 Å². The monoisotopic (exact) mass is 396 g/mol. The molecule has 1 heterocycles. The van der Waals surface area contributed by atoms with E-state index in [0.717, 1.165) is 24.9 Å². The number of ether oxygens (including phenoxy) is 1. The van der Waals surface area contributed by atoms with Crippen molar-refractivity contribution in [1.29, 1.82) is 0 Å². The zero-order valence-electron chi connectivity index (χ0n) is 15.4. The maximum Gasteiger partial charge on any atom is 0.573 e. The van der Waals surface area contributed by atoms with Crippen molar-refractivity contribution in [2.24, 2.45) is 0 Å². The van der Waals surface area contributed by atoms with Gasteiger partial charge in [-0.2, -0.15) is 0 Å². The molecule has 1 nitrogen and oxygen atoms in total. The molecule has 0 bridgehead atoms. The largest absolute Gasteiger partial charge is 0.573 e. The van der Waals surface area contributed by atoms with Crippen molar-refractivity contribution in [2.45, 2.75) is 56.6 Å². The molecular formula is C21H24F4OSi. The molecule has 6 heteroatoms. The first-order valence-corrected chi connectivity index (χ1v) is 12.0. The van der Waals surface area contributed by atoms with Crippen LogP contribution in [0.15, 0.2) is 42.5 Å². The van der Waals surface area contributed by atoms with Crippen LogP contribution in [0.2, 0.25) is 18.1 Å². The van der Waals surface area contributed by atoms with Crippen LogP contribution in [-0.2, 0) is 0 Å². The summed E-state index contributed by atoms with van der Waals surface area (Å²) in [5.74, 6) is -1.64. The quantitative estimate of drug-likeness (QED) is 0.394. The Morgan fingerprint density at radius 2 is 1.70 bits per heavy atom. The predicted molar refractivity (Wildman–Crippen MR) is 102 cm³/mol. The molecular weight excluding hydrogens is 372 g/mol. The minimum atomic E-state index is -4.92. The van der Waals surface area contributed by atoms with Crippen LogP contribution >= 0.6 is 0 Å². The smallest absolute Gasteiger partial charge is 0.402 e. The standard InChI is InChI=1S/C21H24F4OSi/c1-2-12-27-13-10-16(11-14-27)18-9-8-17(15-6-4-3-5-7-15)19(22)20(18)26-21(23,24)25/h3-9,16,27H,2,10-14H2,1H3/t16-,27-. The maximum absolute atomic E-state index is 15.1. The van der Waals surface area contributed by atoms with Crippen molar-refractivity contribution in [3.05, 3.63) is 53.8 Å². The summed E-state index contributed by atoms with van der Waals surface area (Å²) >= 11 is 0. The molecule has 0 aliphatic carbocycles. The van der Waals surface area contributed by atoms with Gasteiger partial charge in [-0.3, -0.25) is 0 Å². The Morgan fingerprint density at radius 1 is 1.04 bits per heavy atom. The number of hydrogen-bond acceptors (Lipinski definition) is 1. The Kier molecular flexibility index (Phi) is 6.24. The second kappa shape index (κ2) is 8.46. The summed E-state index contributed by atoms with van der Waals surface area (Å²) < 4.78 is 58.2. The van der Waals surface area contributed by atoms with Gasteiger partial charge in [-0.1, -0.05) is 73.9 Å². The summed E-state index contributed by atoms with van der Waals surface area (Å²) in [4.78, 5) is 0. The number of benzene rings is 2. The van der Waals surface area contributed by atoms with Gasteiger partial charge in [-0.05, 0) is 24.3 Å². The third-order valence-corrected chi connectivity index (χ3v) is 9.11. The average molecular weight is 397 g/mol. The molecule has 2 aromatic rings. The molecule has 0 N–H and O–H groups in total. The zero-order chi connectivity index (χ0) is 19.4. The molecule has 0 spiro atoms. The fourth-order valence-corrected chi connectivity index (χ4v) is 7.55. The molecule has 3 rings (SSSR count). The summed E-state index contributed by atoms with van der Waals surface area (Å²) in [7, 11) is -0.774. The highest BCUT2D eigenvalue weighted by atomic mass is 28.3. The first-order valence-electron chi connectivity index (χ1n) is 9.52. The van der Waals surface area contributed by atoms with Gasteiger partial charge in [-0.15, -0.1) is 13.2 Å². The summed E-state index contributed by atoms with van der Waals surface area (Å²) in [5.41, 5.74) is 1.02. The lowest BCUT2D eigenvalue weighted by Crippen LogP contribution is -2.23. The molecule has 0 aromatic heterocycles. The Balaban J connectivity index is 1.95. The summed E-state index contributed by atoms with van der Waals surface area (Å²) in [6, 6.07) is 15.3. The van der Waals surface area contributed by atoms with Gasteiger partial charge in [0.15, 0.2) is 11.6 Å². The number of rotatable bonds is 5. The number of hydrogen-bond donors (Lipinski definition) is 0. The molecule has 2 aromatic carbocycles. The van der Waals surface area contributed by atoms with Crippen LogP contribution in [0, 0.1) is 5.82 Å². The van der Waals surface area contributed by atoms with Gasteiger partial charge in [0.25, 0.3) is 0 Å². The van der Waals surface area contributed by atoms with E-state index in [4.69, 9.17) is 0 Å². The third kappa shape index (κ3) is 4.92. The molecule has 1 fully saturated rings. The molecule has 0 amide bonds. The Morgan fingerprint density at radius 3 is 2.30 bits per heavy atom. The van der Waals surface area contributed by atoms with E-state index in [0.29, 0.717) is 11.1 Å². The highest BCUT2D eigenvalue weighted by Gasteiger charge is 2.36. The number of alkyl halides is 3. The van der Waals surface area contributed by atoms with Crippen LogP contribution in [0.1, 0.15) is 37.7 Å². The highest BCUT2D eigenvalue weighted by molar-refractivity contribution is 6.59. The highest BCUT2D eigenvalue weighted by Crippen LogP contribution is 2.43. The van der Waals surface area contributed by atoms with Crippen LogP contribution in [0.3, 0.4) is 0 Å². The fraction of sp³-hybridized carbons (Fsp3) is 0.429. The molecule has 1 aliphatic heterocycles. The predicted octanol–water partition coefficient (Wildman–Crippen LogP) is 6.91. The SMILES string of the molecule is CCC[Si@H]1CC[C@H](c2ccc(-c3ccccc3)c(F)c2OC(F)(F)F)CC1. The van der Waals surface area contributed by atoms with E-state index < -0.39 is 26.7 Å². The van der Waals surface area contributed by atoms with Crippen LogP contribution < -0.4 is 4.74 Å². The lowest BCUT2D eigenvalue weighted by Gasteiger charge is -2.29. The van der Waals surface area contributed by atoms with Crippen LogP contribution in [0.5, 0.6) is 5.75 Å². The van der Waals surface area contributed by atoms with Crippen LogP contribution in [0.4, 0.5) is 17.6 Å². The van der Waals surface area contributed by atoms with Gasteiger partial charge in [0, 0.05) is 19.9 Å². The van der Waals surface area contributed by atoms with Crippen LogP contribution in [0.25, 0.3) is 11.1 Å². The Labute approximate surface area is 159 Å². The minimum absolute atomic E-state index is 0.0673. The molecule has 1 saturated heterocycles. The van der Waals surface area contributed by atoms with Crippen molar-refractivity contribution in [3.63, 3.8) is 0 Å². The lowest BCUT2D eigenvalue weighted by molar-refractivity contribution is -0.275. The van der Waals surface area contributed by atoms with E-state index in [9.17, 15) is 13.2 Å². The normalized spacial score (nSPS) is 20.5. The van der Waals surface area contributed by atoms with Gasteiger partial charge in [-0.25, -0.2) is 4.39 Å². The van der Waals surface area contributed by atoms with Crippen molar-refractivity contribution in [3.8, 4) is 16.9 Å². The van der Waals surface area contributed by atoms with Gasteiger partial charge in [0.05, 0.1) is 0 Å². The summed E-state index contributed by atoms with van der Waals surface area (Å²) in [5, 5.41) is 0. The maximum atomic E-state index is 15.1. The van der Waals surface area contributed by atoms with Crippen LogP contribution in [-0.4, -0.2) is 15.2 Å². The molecule has 1 aliphatic rings. The topological polar surface area (TPSA) is 9.23 Å². The van der Waals surface area contributed by atoms with Gasteiger partial charge in [0.2, 0.25) is 0 Å². The Bertz CT molecular complexity index is 753. The zero-order valence-corrected chi connectivity index (χ0v) is 16.5. The number of halogens is 4. The summed E-state index contributed by atoms with van der Waals surface area (Å²) in [6.45, 7) is 2.17. The molecule has 0 unspecified atom stereocenters. The lowest BCUT2D eigenvalue weighted by atomic mass is 9.90. The fourth-order valence-electron chi connectivity index (χ4n) is 4.12. The molecule has 0 saturated carbocycles. The average Bonchev–Trinajstić information content (AvgIpc) is 2.64. The van der Waals surface area contributed by atoms with E-state index in [1.54, 1.807) is 42.5 Å². The second-order valence-corrected chi connectivity index (χ2v) is 10.7. The van der Waals surface area contributed by atoms with E-state index in [-0.39, 0.29) is 11.5 Å². The Hall–Kier alpha value is -1.82. The van der Waals surface area contributed by atoms with E-state index >= 15 is 4.39 Å². The first kappa shape index (κ1) is 19.9. The van der Waals surface area contributed by atoms with E-state index in [2.05, 4.69) is 11.7 Å². The second-order valence-electron chi connectivity index (χ2n) is 7.27. The van der Waals surface area contributed by atoms with Crippen molar-refractivity contribution in [2.75, 3.05) is 0 Å². The third-order valence-electron chi connectivity index (χ3n) is 5.41. The van der Waals surface area contributed by atoms with E-state index in [1.165, 1.54) is 12.5 Å². The van der Waals surface area contributed by atoms with Crippen molar-refractivity contribution in [1.82, 2.24) is 0 Å². The van der Waals surface area contributed by atoms with Gasteiger partial charge in [0.1, 0.15) is 0 Å². The molecule has 27 heavy (non-hydrogen) atoms. The van der Waals surface area contributed by atoms with Gasteiger partial charge >= 0.3 is 6.36 Å². The van der Waals surface area contributed by atoms with Crippen molar-refractivity contribution < 1.29 is 22.3 Å². The minimum Gasteiger partial charge on any atom is -0.402 e. The molecule has 146 valence electrons. The molecule has 0 atom stereocenters. The van der Waals surface area contributed by atoms with Gasteiger partial charge < -0.3 is 4.74 Å². The summed E-state index contributed by atoms with van der Waals surface area (Å²) in [6.07, 6.45) is -2.09. The first-order chi connectivity index (χ1) is 12.9. The molecule has 0 radical (unpaired) electrons. The van der Waals surface area contributed by atoms with Crippen molar-refractivity contribution >= 4 is 8.80 Å².